The summed E-state index contributed by atoms with van der Waals surface area (Å²) >= 11 is 0. The van der Waals surface area contributed by atoms with Crippen LogP contribution in [0.2, 0.25) is 0 Å². The van der Waals surface area contributed by atoms with Gasteiger partial charge in [0.25, 0.3) is 0 Å². The minimum absolute atomic E-state index is 0.300. The van der Waals surface area contributed by atoms with Crippen molar-refractivity contribution in [1.29, 1.82) is 0 Å². The number of hydrogen-bond acceptors (Lipinski definition) is 2. The van der Waals surface area contributed by atoms with E-state index in [9.17, 15) is 4.79 Å². The van der Waals surface area contributed by atoms with Crippen LogP contribution >= 0.6 is 0 Å². The van der Waals surface area contributed by atoms with Crippen molar-refractivity contribution >= 4 is 6.29 Å². The topological polar surface area (TPSA) is 29.1 Å². The second kappa shape index (κ2) is 8.94. The zero-order valence-corrected chi connectivity index (χ0v) is 11.3. The molecule has 0 aliphatic carbocycles. The van der Waals surface area contributed by atoms with Gasteiger partial charge in [-0.25, -0.2) is 0 Å². The van der Waals surface area contributed by atoms with Gasteiger partial charge in [0.2, 0.25) is 0 Å². The van der Waals surface area contributed by atoms with Crippen molar-refractivity contribution in [3.05, 3.63) is 36.5 Å². The monoisotopic (exact) mass is 235 g/mol. The summed E-state index contributed by atoms with van der Waals surface area (Å²) in [6, 6.07) is 0. The van der Waals surface area contributed by atoms with Gasteiger partial charge in [-0.3, -0.25) is 0 Å². The number of carbonyl (C=O) groups is 1. The van der Waals surface area contributed by atoms with Crippen LogP contribution in [0.1, 0.15) is 33.6 Å². The molecule has 1 N–H and O–H groups in total. The van der Waals surface area contributed by atoms with Crippen LogP contribution in [0.4, 0.5) is 0 Å². The Balaban J connectivity index is 0.00000121. The molecule has 1 rings (SSSR count). The van der Waals surface area contributed by atoms with E-state index < -0.39 is 0 Å². The summed E-state index contributed by atoms with van der Waals surface area (Å²) in [5.74, 6) is 0. The van der Waals surface area contributed by atoms with Gasteiger partial charge in [0.15, 0.2) is 0 Å². The van der Waals surface area contributed by atoms with Crippen LogP contribution in [-0.4, -0.2) is 19.4 Å². The lowest BCUT2D eigenvalue weighted by atomic mass is 9.73. The first-order valence-corrected chi connectivity index (χ1v) is 6.42. The van der Waals surface area contributed by atoms with E-state index in [1.807, 2.05) is 39.0 Å². The molecule has 0 aromatic rings. The van der Waals surface area contributed by atoms with Crippen molar-refractivity contribution in [1.82, 2.24) is 5.32 Å². The Morgan fingerprint density at radius 2 is 1.88 bits per heavy atom. The number of rotatable bonds is 4. The number of hydrogen-bond donors (Lipinski definition) is 1. The Bertz CT molecular complexity index is 283. The molecule has 0 spiro atoms. The predicted octanol–water partition coefficient (Wildman–Crippen LogP) is 3.27. The van der Waals surface area contributed by atoms with E-state index in [0.29, 0.717) is 0 Å². The molecule has 0 unspecified atom stereocenters. The molecule has 1 aliphatic heterocycles. The van der Waals surface area contributed by atoms with Gasteiger partial charge in [0, 0.05) is 0 Å². The van der Waals surface area contributed by atoms with Crippen LogP contribution < -0.4 is 5.32 Å². The first-order chi connectivity index (χ1) is 8.29. The maximum Gasteiger partial charge on any atom is 0.130 e. The third-order valence-electron chi connectivity index (χ3n) is 2.94. The van der Waals surface area contributed by atoms with Crippen LogP contribution in [0.3, 0.4) is 0 Å². The highest BCUT2D eigenvalue weighted by atomic mass is 16.1. The van der Waals surface area contributed by atoms with Crippen LogP contribution in [-0.2, 0) is 4.79 Å². The molecule has 1 aliphatic rings. The highest BCUT2D eigenvalue weighted by Gasteiger charge is 2.33. The van der Waals surface area contributed by atoms with E-state index in [0.717, 1.165) is 37.8 Å². The average molecular weight is 235 g/mol. The van der Waals surface area contributed by atoms with Gasteiger partial charge in [-0.2, -0.15) is 0 Å². The van der Waals surface area contributed by atoms with Gasteiger partial charge in [-0.1, -0.05) is 44.7 Å². The molecular weight excluding hydrogens is 210 g/mol. The van der Waals surface area contributed by atoms with E-state index in [2.05, 4.69) is 11.9 Å². The number of nitrogens with one attached hydrogen (secondary N) is 1. The second-order valence-corrected chi connectivity index (χ2v) is 3.88. The Hall–Kier alpha value is -1.15. The Morgan fingerprint density at radius 3 is 2.29 bits per heavy atom. The summed E-state index contributed by atoms with van der Waals surface area (Å²) in [6.45, 7) is 11.5. The quantitative estimate of drug-likeness (QED) is 0.598. The van der Waals surface area contributed by atoms with Crippen molar-refractivity contribution in [2.45, 2.75) is 33.6 Å². The summed E-state index contributed by atoms with van der Waals surface area (Å²) in [5, 5.41) is 3.28. The zero-order valence-electron chi connectivity index (χ0n) is 11.3. The summed E-state index contributed by atoms with van der Waals surface area (Å²) in [4.78, 5) is 11.3. The number of carbonyl (C=O) groups excluding carboxylic acids is 1. The van der Waals surface area contributed by atoms with Crippen molar-refractivity contribution in [2.75, 3.05) is 13.1 Å². The molecule has 96 valence electrons. The summed E-state index contributed by atoms with van der Waals surface area (Å²) < 4.78 is 0. The van der Waals surface area contributed by atoms with Crippen molar-refractivity contribution in [3.8, 4) is 0 Å². The summed E-state index contributed by atoms with van der Waals surface area (Å²) in [5.41, 5.74) is 0.780. The maximum atomic E-state index is 11.3. The smallest absolute Gasteiger partial charge is 0.130 e. The van der Waals surface area contributed by atoms with E-state index in [1.54, 1.807) is 6.08 Å². The molecule has 1 fully saturated rings. The molecule has 2 nitrogen and oxygen atoms in total. The highest BCUT2D eigenvalue weighted by Crippen LogP contribution is 2.35. The standard InChI is InChI=1S/C13H19NO.C2H6/c1-3-5-12(6-4-2)13(11-15)7-9-14-10-8-13;1-2/h3-6,11,14H,1,7-10H2,2H3;1-2H3/b6-4-,12-5+;. The van der Waals surface area contributed by atoms with Crippen molar-refractivity contribution in [3.63, 3.8) is 0 Å². The Kier molecular flexibility index (Phi) is 8.34. The van der Waals surface area contributed by atoms with Gasteiger partial charge in [0.1, 0.15) is 6.29 Å². The molecule has 0 aromatic carbocycles. The fourth-order valence-electron chi connectivity index (χ4n) is 2.04. The fourth-order valence-corrected chi connectivity index (χ4v) is 2.04. The first kappa shape index (κ1) is 15.9. The Morgan fingerprint density at radius 1 is 1.29 bits per heavy atom. The SMILES string of the molecule is C=C/C=C(\C=C/C)C1(C=O)CCNCC1.CC. The first-order valence-electron chi connectivity index (χ1n) is 6.42. The third-order valence-corrected chi connectivity index (χ3v) is 2.94. The van der Waals surface area contributed by atoms with Gasteiger partial charge < -0.3 is 10.1 Å². The molecule has 0 radical (unpaired) electrons. The molecule has 1 heterocycles. The molecule has 0 bridgehead atoms. The van der Waals surface area contributed by atoms with E-state index in [-0.39, 0.29) is 5.41 Å². The van der Waals surface area contributed by atoms with Crippen molar-refractivity contribution < 1.29 is 4.79 Å². The predicted molar refractivity (Wildman–Crippen MR) is 75.0 cm³/mol. The normalized spacial score (nSPS) is 19.4. The zero-order chi connectivity index (χ0) is 13.1. The van der Waals surface area contributed by atoms with Gasteiger partial charge >= 0.3 is 0 Å². The largest absolute Gasteiger partial charge is 0.317 e. The van der Waals surface area contributed by atoms with E-state index >= 15 is 0 Å². The highest BCUT2D eigenvalue weighted by molar-refractivity contribution is 5.67. The average Bonchev–Trinajstić information content (AvgIpc) is 2.41. The molecule has 2 heteroatoms. The lowest BCUT2D eigenvalue weighted by Crippen LogP contribution is -2.38. The lowest BCUT2D eigenvalue weighted by Gasteiger charge is -2.33. The number of aldehydes is 1. The summed E-state index contributed by atoms with van der Waals surface area (Å²) in [7, 11) is 0. The fraction of sp³-hybridized carbons (Fsp3) is 0.533. The van der Waals surface area contributed by atoms with Crippen LogP contribution in [0, 0.1) is 5.41 Å². The molecule has 1 saturated heterocycles. The lowest BCUT2D eigenvalue weighted by molar-refractivity contribution is -0.115. The van der Waals surface area contributed by atoms with Gasteiger partial charge in [0.05, 0.1) is 5.41 Å². The minimum Gasteiger partial charge on any atom is -0.317 e. The van der Waals surface area contributed by atoms with E-state index in [1.165, 1.54) is 0 Å². The molecular formula is C15H25NO. The number of piperidine rings is 1. The summed E-state index contributed by atoms with van der Waals surface area (Å²) in [6.07, 6.45) is 10.5. The second-order valence-electron chi connectivity index (χ2n) is 3.88. The molecule has 0 amide bonds. The maximum absolute atomic E-state index is 11.3. The van der Waals surface area contributed by atoms with Gasteiger partial charge in [-0.15, -0.1) is 0 Å². The molecule has 17 heavy (non-hydrogen) atoms. The Labute approximate surface area is 105 Å². The van der Waals surface area contributed by atoms with Crippen molar-refractivity contribution in [2.24, 2.45) is 5.41 Å². The number of allylic oxidation sites excluding steroid dienone is 5. The van der Waals surface area contributed by atoms with Crippen LogP contribution in [0.15, 0.2) is 36.5 Å². The van der Waals surface area contributed by atoms with Gasteiger partial charge in [-0.05, 0) is 38.4 Å². The third kappa shape index (κ3) is 4.31. The van der Waals surface area contributed by atoms with E-state index in [4.69, 9.17) is 0 Å². The van der Waals surface area contributed by atoms with Crippen LogP contribution in [0.25, 0.3) is 0 Å². The van der Waals surface area contributed by atoms with Crippen LogP contribution in [0.5, 0.6) is 0 Å². The molecule has 0 saturated carbocycles. The molecule has 0 aromatic heterocycles. The molecule has 0 atom stereocenters. The minimum atomic E-state index is -0.300.